The number of rotatable bonds is 8. The first-order valence-electron chi connectivity index (χ1n) is 6.83. The van der Waals surface area contributed by atoms with E-state index in [4.69, 9.17) is 9.47 Å². The van der Waals surface area contributed by atoms with Gasteiger partial charge in [0.15, 0.2) is 5.57 Å². The van der Waals surface area contributed by atoms with Crippen LogP contribution in [0.3, 0.4) is 0 Å². The zero-order valence-corrected chi connectivity index (χ0v) is 12.7. The Bertz CT molecular complexity index is 555. The molecule has 0 aliphatic heterocycles. The molecule has 1 aromatic rings. The van der Waals surface area contributed by atoms with Crippen LogP contribution in [-0.2, 0) is 19.1 Å². The van der Waals surface area contributed by atoms with Crippen molar-refractivity contribution in [1.82, 2.24) is 0 Å². The van der Waals surface area contributed by atoms with Crippen LogP contribution in [0, 0.1) is 0 Å². The Morgan fingerprint density at radius 1 is 1.17 bits per heavy atom. The number of esters is 2. The molecule has 1 N–H and O–H groups in total. The second kappa shape index (κ2) is 9.39. The minimum absolute atomic E-state index is 0.0628. The Morgan fingerprint density at radius 2 is 1.78 bits per heavy atom. The molecular weight excluding hydrogens is 312 g/mol. The molecule has 0 saturated heterocycles. The molecule has 0 aliphatic carbocycles. The molecule has 0 unspecified atom stereocenters. The molecular formula is C15H17F2NO5. The van der Waals surface area contributed by atoms with Crippen LogP contribution in [0.1, 0.15) is 13.8 Å². The van der Waals surface area contributed by atoms with Crippen LogP contribution < -0.4 is 10.1 Å². The van der Waals surface area contributed by atoms with Gasteiger partial charge in [-0.05, 0) is 26.0 Å². The first-order valence-corrected chi connectivity index (χ1v) is 6.83. The van der Waals surface area contributed by atoms with Gasteiger partial charge in [0.25, 0.3) is 0 Å². The monoisotopic (exact) mass is 329 g/mol. The average molecular weight is 329 g/mol. The minimum atomic E-state index is -2.95. The Hall–Kier alpha value is -2.64. The average Bonchev–Trinajstić information content (AvgIpc) is 2.47. The highest BCUT2D eigenvalue weighted by atomic mass is 19.3. The molecule has 0 spiro atoms. The van der Waals surface area contributed by atoms with E-state index in [1.807, 2.05) is 0 Å². The molecule has 6 nitrogen and oxygen atoms in total. The van der Waals surface area contributed by atoms with Crippen molar-refractivity contribution in [3.63, 3.8) is 0 Å². The van der Waals surface area contributed by atoms with Crippen molar-refractivity contribution >= 4 is 17.6 Å². The number of carbonyl (C=O) groups is 2. The summed E-state index contributed by atoms with van der Waals surface area (Å²) in [6.45, 7) is 0.425. The molecule has 0 amide bonds. The largest absolute Gasteiger partial charge is 0.462 e. The Labute approximate surface area is 132 Å². The van der Waals surface area contributed by atoms with Gasteiger partial charge in [0.05, 0.1) is 13.2 Å². The molecule has 126 valence electrons. The normalized spacial score (nSPS) is 9.96. The van der Waals surface area contributed by atoms with E-state index in [9.17, 15) is 18.4 Å². The fourth-order valence-corrected chi connectivity index (χ4v) is 1.54. The van der Waals surface area contributed by atoms with Crippen molar-refractivity contribution in [2.75, 3.05) is 18.5 Å². The smallest absolute Gasteiger partial charge is 0.387 e. The van der Waals surface area contributed by atoms with Crippen molar-refractivity contribution in [2.24, 2.45) is 0 Å². The first-order chi connectivity index (χ1) is 11.0. The van der Waals surface area contributed by atoms with Crippen LogP contribution in [0.25, 0.3) is 0 Å². The van der Waals surface area contributed by atoms with Gasteiger partial charge in [0.1, 0.15) is 5.75 Å². The number of halogens is 2. The van der Waals surface area contributed by atoms with Gasteiger partial charge >= 0.3 is 18.6 Å². The predicted molar refractivity (Wildman–Crippen MR) is 78.0 cm³/mol. The summed E-state index contributed by atoms with van der Waals surface area (Å²) in [6, 6.07) is 5.65. The fraction of sp³-hybridized carbons (Fsp3) is 0.333. The van der Waals surface area contributed by atoms with E-state index in [0.29, 0.717) is 5.69 Å². The number of carbonyl (C=O) groups excluding carboxylic acids is 2. The van der Waals surface area contributed by atoms with Crippen molar-refractivity contribution < 1.29 is 32.6 Å². The van der Waals surface area contributed by atoms with E-state index < -0.39 is 18.6 Å². The molecule has 0 fully saturated rings. The fourth-order valence-electron chi connectivity index (χ4n) is 1.54. The summed E-state index contributed by atoms with van der Waals surface area (Å²) in [5.41, 5.74) is 0.00290. The third-order valence-electron chi connectivity index (χ3n) is 2.43. The third-order valence-corrected chi connectivity index (χ3v) is 2.43. The molecule has 0 bridgehead atoms. The van der Waals surface area contributed by atoms with Gasteiger partial charge in [-0.1, -0.05) is 6.07 Å². The molecule has 0 radical (unpaired) electrons. The lowest BCUT2D eigenvalue weighted by Gasteiger charge is -2.09. The minimum Gasteiger partial charge on any atom is -0.462 e. The van der Waals surface area contributed by atoms with E-state index >= 15 is 0 Å². The van der Waals surface area contributed by atoms with Crippen LogP contribution >= 0.6 is 0 Å². The van der Waals surface area contributed by atoms with Crippen LogP contribution in [0.15, 0.2) is 36.0 Å². The summed E-state index contributed by atoms with van der Waals surface area (Å²) in [6.07, 6.45) is 1.09. The Balaban J connectivity index is 2.91. The molecule has 0 aliphatic rings. The SMILES string of the molecule is CCOC(=O)C(=CNc1cccc(OC(F)F)c1)C(=O)OCC. The van der Waals surface area contributed by atoms with Gasteiger partial charge in [-0.25, -0.2) is 9.59 Å². The number of nitrogens with one attached hydrogen (secondary N) is 1. The van der Waals surface area contributed by atoms with E-state index in [2.05, 4.69) is 10.1 Å². The number of alkyl halides is 2. The number of hydrogen-bond acceptors (Lipinski definition) is 6. The summed E-state index contributed by atoms with van der Waals surface area (Å²) in [5, 5.41) is 2.65. The van der Waals surface area contributed by atoms with E-state index in [0.717, 1.165) is 6.20 Å². The zero-order valence-electron chi connectivity index (χ0n) is 12.7. The highest BCUT2D eigenvalue weighted by Gasteiger charge is 2.20. The van der Waals surface area contributed by atoms with Crippen LogP contribution in [0.5, 0.6) is 5.75 Å². The highest BCUT2D eigenvalue weighted by molar-refractivity contribution is 6.14. The lowest BCUT2D eigenvalue weighted by atomic mass is 10.2. The second-order valence-corrected chi connectivity index (χ2v) is 4.05. The van der Waals surface area contributed by atoms with E-state index in [1.54, 1.807) is 19.9 Å². The third kappa shape index (κ3) is 6.33. The number of anilines is 1. The second-order valence-electron chi connectivity index (χ2n) is 4.05. The summed E-state index contributed by atoms with van der Waals surface area (Å²) in [4.78, 5) is 23.5. The van der Waals surface area contributed by atoms with Crippen molar-refractivity contribution in [3.8, 4) is 5.75 Å². The van der Waals surface area contributed by atoms with E-state index in [-0.39, 0.29) is 24.5 Å². The summed E-state index contributed by atoms with van der Waals surface area (Å²) >= 11 is 0. The molecule has 0 atom stereocenters. The topological polar surface area (TPSA) is 73.9 Å². The van der Waals surface area contributed by atoms with E-state index in [1.165, 1.54) is 18.2 Å². The van der Waals surface area contributed by atoms with Crippen LogP contribution in [0.2, 0.25) is 0 Å². The number of benzene rings is 1. The lowest BCUT2D eigenvalue weighted by molar-refractivity contribution is -0.146. The van der Waals surface area contributed by atoms with Gasteiger partial charge in [-0.2, -0.15) is 8.78 Å². The molecule has 23 heavy (non-hydrogen) atoms. The maximum absolute atomic E-state index is 12.2. The number of ether oxygens (including phenoxy) is 3. The van der Waals surface area contributed by atoms with Crippen LogP contribution in [-0.4, -0.2) is 31.8 Å². The maximum Gasteiger partial charge on any atom is 0.387 e. The quantitative estimate of drug-likeness (QED) is 0.342. The van der Waals surface area contributed by atoms with Crippen molar-refractivity contribution in [2.45, 2.75) is 20.5 Å². The van der Waals surface area contributed by atoms with Gasteiger partial charge in [-0.15, -0.1) is 0 Å². The maximum atomic E-state index is 12.2. The lowest BCUT2D eigenvalue weighted by Crippen LogP contribution is -2.19. The zero-order chi connectivity index (χ0) is 17.2. The molecule has 8 heteroatoms. The Morgan fingerprint density at radius 3 is 2.30 bits per heavy atom. The highest BCUT2D eigenvalue weighted by Crippen LogP contribution is 2.19. The first kappa shape index (κ1) is 18.4. The summed E-state index contributed by atoms with van der Waals surface area (Å²) in [7, 11) is 0. The van der Waals surface area contributed by atoms with Gasteiger partial charge in [-0.3, -0.25) is 0 Å². The van der Waals surface area contributed by atoms with Crippen LogP contribution in [0.4, 0.5) is 14.5 Å². The van der Waals surface area contributed by atoms with Gasteiger partial charge in [0, 0.05) is 18.0 Å². The molecule has 0 aromatic heterocycles. The number of hydrogen-bond donors (Lipinski definition) is 1. The molecule has 1 rings (SSSR count). The van der Waals surface area contributed by atoms with Crippen molar-refractivity contribution in [3.05, 3.63) is 36.0 Å². The summed E-state index contributed by atoms with van der Waals surface area (Å²) in [5.74, 6) is -1.76. The molecule has 0 heterocycles. The van der Waals surface area contributed by atoms with Gasteiger partial charge < -0.3 is 19.5 Å². The van der Waals surface area contributed by atoms with Crippen molar-refractivity contribution in [1.29, 1.82) is 0 Å². The molecule has 0 saturated carbocycles. The summed E-state index contributed by atoms with van der Waals surface area (Å²) < 4.78 is 38.1. The Kier molecular flexibility index (Phi) is 7.52. The van der Waals surface area contributed by atoms with Gasteiger partial charge in [0.2, 0.25) is 0 Å². The molecule has 1 aromatic carbocycles. The standard InChI is InChI=1S/C15H17F2NO5/c1-3-21-13(19)12(14(20)22-4-2)9-18-10-6-5-7-11(8-10)23-15(16)17/h5-9,15,18H,3-4H2,1-2H3. The predicted octanol–water partition coefficient (Wildman–Crippen LogP) is 2.71.